The number of nitrogens with zero attached hydrogens (tertiary/aromatic N) is 1. The highest BCUT2D eigenvalue weighted by molar-refractivity contribution is 7.92. The molecule has 2 aromatic carbocycles. The molecule has 152 valence electrons. The highest BCUT2D eigenvalue weighted by Crippen LogP contribution is 2.30. The van der Waals surface area contributed by atoms with E-state index in [0.717, 1.165) is 31.4 Å². The van der Waals surface area contributed by atoms with Crippen molar-refractivity contribution in [1.82, 2.24) is 4.31 Å². The Labute approximate surface area is 167 Å². The van der Waals surface area contributed by atoms with Gasteiger partial charge in [0, 0.05) is 13.1 Å². The standard InChI is InChI=1S/C17H17ClF2N2O4S2/c18-14-6-5-13(11-16(14)28(25,26)22-8-2-1-3-9-22)21-27(23,24)17-10-12(19)4-7-15(17)20/h4-7,10-11,21H,1-3,8-9H2. The van der Waals surface area contributed by atoms with Crippen LogP contribution in [-0.2, 0) is 20.0 Å². The largest absolute Gasteiger partial charge is 0.279 e. The zero-order valence-electron chi connectivity index (χ0n) is 14.5. The van der Waals surface area contributed by atoms with Crippen LogP contribution in [0.2, 0.25) is 5.02 Å². The molecule has 1 saturated heterocycles. The van der Waals surface area contributed by atoms with E-state index in [-0.39, 0.29) is 15.6 Å². The quantitative estimate of drug-likeness (QED) is 0.754. The number of nitrogens with one attached hydrogen (secondary N) is 1. The summed E-state index contributed by atoms with van der Waals surface area (Å²) < 4.78 is 81.1. The average Bonchev–Trinajstić information content (AvgIpc) is 2.65. The Morgan fingerprint density at radius 2 is 1.57 bits per heavy atom. The topological polar surface area (TPSA) is 83.5 Å². The smallest absolute Gasteiger partial charge is 0.264 e. The van der Waals surface area contributed by atoms with Crippen LogP contribution in [0.3, 0.4) is 0 Å². The molecule has 1 heterocycles. The van der Waals surface area contributed by atoms with Crippen molar-refractivity contribution in [3.05, 3.63) is 53.1 Å². The summed E-state index contributed by atoms with van der Waals surface area (Å²) in [6, 6.07) is 5.57. The number of anilines is 1. The third-order valence-corrected chi connectivity index (χ3v) is 8.08. The van der Waals surface area contributed by atoms with Crippen molar-refractivity contribution < 1.29 is 25.6 Å². The van der Waals surface area contributed by atoms with Crippen molar-refractivity contribution >= 4 is 37.3 Å². The Kier molecular flexibility index (Phi) is 5.95. The molecule has 11 heteroatoms. The second-order valence-electron chi connectivity index (χ2n) is 6.29. The predicted molar refractivity (Wildman–Crippen MR) is 101 cm³/mol. The highest BCUT2D eigenvalue weighted by Gasteiger charge is 2.29. The predicted octanol–water partition coefficient (Wildman–Crippen LogP) is 3.59. The number of halogens is 3. The van der Waals surface area contributed by atoms with Gasteiger partial charge in [0.25, 0.3) is 10.0 Å². The number of piperidine rings is 1. The van der Waals surface area contributed by atoms with Crippen molar-refractivity contribution in [2.45, 2.75) is 29.1 Å². The summed E-state index contributed by atoms with van der Waals surface area (Å²) in [5, 5.41) is -0.0644. The van der Waals surface area contributed by atoms with Gasteiger partial charge < -0.3 is 0 Å². The van der Waals surface area contributed by atoms with Gasteiger partial charge in [0.05, 0.1) is 10.7 Å². The first kappa shape index (κ1) is 21.0. The van der Waals surface area contributed by atoms with Crippen molar-refractivity contribution in [2.75, 3.05) is 17.8 Å². The summed E-state index contributed by atoms with van der Waals surface area (Å²) in [6.45, 7) is 0.701. The van der Waals surface area contributed by atoms with Gasteiger partial charge in [-0.25, -0.2) is 25.6 Å². The molecule has 1 aliphatic heterocycles. The highest BCUT2D eigenvalue weighted by atomic mass is 35.5. The van der Waals surface area contributed by atoms with Gasteiger partial charge in [0.2, 0.25) is 10.0 Å². The van der Waals surface area contributed by atoms with Crippen LogP contribution in [0.25, 0.3) is 0 Å². The third-order valence-electron chi connectivity index (χ3n) is 4.30. The van der Waals surface area contributed by atoms with Gasteiger partial charge in [0.1, 0.15) is 21.4 Å². The molecule has 0 atom stereocenters. The van der Waals surface area contributed by atoms with Crippen molar-refractivity contribution in [3.8, 4) is 0 Å². The van der Waals surface area contributed by atoms with Crippen molar-refractivity contribution in [1.29, 1.82) is 0 Å². The van der Waals surface area contributed by atoms with E-state index in [4.69, 9.17) is 11.6 Å². The molecular weight excluding hydrogens is 434 g/mol. The Morgan fingerprint density at radius 1 is 0.893 bits per heavy atom. The van der Waals surface area contributed by atoms with Crippen LogP contribution in [0.4, 0.5) is 14.5 Å². The first-order chi connectivity index (χ1) is 13.1. The lowest BCUT2D eigenvalue weighted by Gasteiger charge is -2.26. The first-order valence-corrected chi connectivity index (χ1v) is 11.7. The molecule has 0 radical (unpaired) electrons. The van der Waals surface area contributed by atoms with E-state index < -0.39 is 36.6 Å². The number of benzene rings is 2. The van der Waals surface area contributed by atoms with Gasteiger partial charge >= 0.3 is 0 Å². The summed E-state index contributed by atoms with van der Waals surface area (Å²) in [5.41, 5.74) is -0.136. The van der Waals surface area contributed by atoms with Gasteiger partial charge in [-0.1, -0.05) is 18.0 Å². The lowest BCUT2D eigenvalue weighted by molar-refractivity contribution is 0.346. The Balaban J connectivity index is 1.96. The normalized spacial score (nSPS) is 16.1. The van der Waals surface area contributed by atoms with E-state index >= 15 is 0 Å². The molecule has 6 nitrogen and oxygen atoms in total. The molecule has 1 aliphatic rings. The minimum Gasteiger partial charge on any atom is -0.279 e. The summed E-state index contributed by atoms with van der Waals surface area (Å²) in [6.07, 6.45) is 2.38. The maximum Gasteiger partial charge on any atom is 0.264 e. The maximum atomic E-state index is 13.8. The fourth-order valence-electron chi connectivity index (χ4n) is 2.90. The van der Waals surface area contributed by atoms with Gasteiger partial charge in [-0.15, -0.1) is 0 Å². The fraction of sp³-hybridized carbons (Fsp3) is 0.294. The van der Waals surface area contributed by atoms with Gasteiger partial charge in [-0.2, -0.15) is 4.31 Å². The van der Waals surface area contributed by atoms with Crippen LogP contribution < -0.4 is 4.72 Å². The van der Waals surface area contributed by atoms with Crippen LogP contribution in [0.1, 0.15) is 19.3 Å². The van der Waals surface area contributed by atoms with Crippen molar-refractivity contribution in [3.63, 3.8) is 0 Å². The molecular formula is C17H17ClF2N2O4S2. The maximum absolute atomic E-state index is 13.8. The van der Waals surface area contributed by atoms with Crippen LogP contribution >= 0.6 is 11.6 Å². The van der Waals surface area contributed by atoms with E-state index in [0.29, 0.717) is 25.2 Å². The third kappa shape index (κ3) is 4.29. The number of hydrogen-bond acceptors (Lipinski definition) is 4. The van der Waals surface area contributed by atoms with E-state index in [1.165, 1.54) is 16.4 Å². The van der Waals surface area contributed by atoms with Crippen LogP contribution in [0.5, 0.6) is 0 Å². The zero-order valence-corrected chi connectivity index (χ0v) is 16.9. The minimum absolute atomic E-state index is 0.0644. The van der Waals surface area contributed by atoms with Crippen LogP contribution in [0, 0.1) is 11.6 Å². The molecule has 0 saturated carbocycles. The van der Waals surface area contributed by atoms with Crippen LogP contribution in [0.15, 0.2) is 46.2 Å². The van der Waals surface area contributed by atoms with E-state index in [2.05, 4.69) is 4.72 Å². The zero-order chi connectivity index (χ0) is 20.5. The van der Waals surface area contributed by atoms with E-state index in [1.54, 1.807) is 0 Å². The van der Waals surface area contributed by atoms with E-state index in [9.17, 15) is 25.6 Å². The number of hydrogen-bond donors (Lipinski definition) is 1. The summed E-state index contributed by atoms with van der Waals surface area (Å²) >= 11 is 6.04. The Hall–Kier alpha value is -1.75. The molecule has 0 aliphatic carbocycles. The fourth-order valence-corrected chi connectivity index (χ4v) is 6.06. The lowest BCUT2D eigenvalue weighted by Crippen LogP contribution is -2.35. The van der Waals surface area contributed by atoms with Gasteiger partial charge in [-0.3, -0.25) is 4.72 Å². The second kappa shape index (κ2) is 7.94. The SMILES string of the molecule is O=S(=O)(Nc1ccc(Cl)c(S(=O)(=O)N2CCCCC2)c1)c1cc(F)ccc1F. The molecule has 28 heavy (non-hydrogen) atoms. The number of sulfonamides is 2. The van der Waals surface area contributed by atoms with Gasteiger partial charge in [0.15, 0.2) is 0 Å². The molecule has 0 unspecified atom stereocenters. The molecule has 1 N–H and O–H groups in total. The first-order valence-electron chi connectivity index (χ1n) is 8.39. The summed E-state index contributed by atoms with van der Waals surface area (Å²) in [5.74, 6) is -2.06. The molecule has 0 bridgehead atoms. The van der Waals surface area contributed by atoms with Gasteiger partial charge in [-0.05, 0) is 49.2 Å². The second-order valence-corrected chi connectivity index (χ2v) is 10.3. The molecule has 0 spiro atoms. The number of rotatable bonds is 5. The minimum atomic E-state index is -4.48. The van der Waals surface area contributed by atoms with E-state index in [1.807, 2.05) is 0 Å². The molecule has 2 aromatic rings. The summed E-state index contributed by atoms with van der Waals surface area (Å²) in [4.78, 5) is -1.14. The summed E-state index contributed by atoms with van der Waals surface area (Å²) in [7, 11) is -8.40. The molecule has 0 aromatic heterocycles. The monoisotopic (exact) mass is 450 g/mol. The molecule has 1 fully saturated rings. The Morgan fingerprint density at radius 3 is 2.25 bits per heavy atom. The van der Waals surface area contributed by atoms with Crippen LogP contribution in [-0.4, -0.2) is 34.2 Å². The van der Waals surface area contributed by atoms with Crippen molar-refractivity contribution in [2.24, 2.45) is 0 Å². The molecule has 3 rings (SSSR count). The molecule has 0 amide bonds. The Bertz CT molecular complexity index is 1100. The lowest BCUT2D eigenvalue weighted by atomic mass is 10.2. The average molecular weight is 451 g/mol.